The molecule has 204 valence electrons. The van der Waals surface area contributed by atoms with Gasteiger partial charge < -0.3 is 24.7 Å². The predicted molar refractivity (Wildman–Crippen MR) is 145 cm³/mol. The number of carbonyl (C=O) groups excluding carboxylic acids is 1. The van der Waals surface area contributed by atoms with Crippen LogP contribution in [-0.2, 0) is 6.18 Å². The van der Waals surface area contributed by atoms with E-state index >= 15 is 0 Å². The molecule has 1 aliphatic rings. The van der Waals surface area contributed by atoms with Crippen molar-refractivity contribution in [2.75, 3.05) is 43.4 Å². The van der Waals surface area contributed by atoms with Gasteiger partial charge in [-0.05, 0) is 57.3 Å². The normalized spacial score (nSPS) is 14.7. The fourth-order valence-electron chi connectivity index (χ4n) is 4.60. The van der Waals surface area contributed by atoms with E-state index in [-0.39, 0.29) is 17.6 Å². The number of H-pyrrole nitrogens is 1. The summed E-state index contributed by atoms with van der Waals surface area (Å²) in [5, 5.41) is 2.91. The average Bonchev–Trinajstić information content (AvgIpc) is 3.57. The van der Waals surface area contributed by atoms with E-state index in [9.17, 15) is 18.0 Å². The van der Waals surface area contributed by atoms with Crippen molar-refractivity contribution in [1.82, 2.24) is 24.4 Å². The van der Waals surface area contributed by atoms with Crippen molar-refractivity contribution in [3.8, 4) is 22.8 Å². The lowest BCUT2D eigenvalue weighted by molar-refractivity contribution is -0.137. The molecular weight excluding hydrogens is 507 g/mol. The minimum atomic E-state index is -4.42. The van der Waals surface area contributed by atoms with Crippen LogP contribution in [-0.4, -0.2) is 63.6 Å². The van der Waals surface area contributed by atoms with Gasteiger partial charge in [-0.2, -0.15) is 13.2 Å². The molecule has 1 aliphatic heterocycles. The van der Waals surface area contributed by atoms with E-state index in [1.165, 1.54) is 18.5 Å². The van der Waals surface area contributed by atoms with Gasteiger partial charge in [-0.1, -0.05) is 12.1 Å². The number of likely N-dealkylation sites (N-methyl/N-ethyl adjacent to an activating group) is 1. The van der Waals surface area contributed by atoms with Crippen LogP contribution in [0.2, 0.25) is 0 Å². The van der Waals surface area contributed by atoms with Crippen molar-refractivity contribution in [2.24, 2.45) is 0 Å². The summed E-state index contributed by atoms with van der Waals surface area (Å²) in [6.07, 6.45) is -1.29. The maximum absolute atomic E-state index is 13.1. The van der Waals surface area contributed by atoms with Crippen LogP contribution in [0, 0.1) is 0 Å². The number of nitrogens with zero attached hydrogens (tertiary/aromatic N) is 5. The molecule has 3 heterocycles. The first-order valence-electron chi connectivity index (χ1n) is 12.8. The molecule has 1 amide bonds. The van der Waals surface area contributed by atoms with Crippen LogP contribution in [0.3, 0.4) is 0 Å². The molecule has 0 radical (unpaired) electrons. The van der Waals surface area contributed by atoms with Crippen LogP contribution >= 0.6 is 0 Å². The van der Waals surface area contributed by atoms with E-state index in [0.717, 1.165) is 44.0 Å². The lowest BCUT2D eigenvalue weighted by Crippen LogP contribution is -2.44. The molecule has 5 rings (SSSR count). The number of hydrogen-bond donors (Lipinski definition) is 2. The Labute approximate surface area is 224 Å². The summed E-state index contributed by atoms with van der Waals surface area (Å²) >= 11 is 0. The topological polar surface area (TPSA) is 82.1 Å². The molecule has 2 aromatic heterocycles. The Bertz CT molecular complexity index is 1430. The number of carbonyl (C=O) groups is 1. The zero-order valence-corrected chi connectivity index (χ0v) is 22.0. The number of rotatable bonds is 6. The van der Waals surface area contributed by atoms with Gasteiger partial charge in [-0.15, -0.1) is 0 Å². The standard InChI is InChI=1S/C28H30F3N7O/c1-18(2)38-16-23(27(39)34-21-8-10-22(11-9-21)37-14-12-36(3)13-15-37)35-26(38)25-24(32-17-33-25)19-4-6-20(7-5-19)28(29,30)31/h4-11,16-18H,12-15H2,1-3H3,(H,32,33)(H,34,39). The molecule has 1 saturated heterocycles. The summed E-state index contributed by atoms with van der Waals surface area (Å²) in [6.45, 7) is 7.85. The Morgan fingerprint density at radius 3 is 2.28 bits per heavy atom. The number of piperazine rings is 1. The van der Waals surface area contributed by atoms with Gasteiger partial charge in [0.15, 0.2) is 5.82 Å². The number of halogens is 3. The van der Waals surface area contributed by atoms with Gasteiger partial charge in [-0.3, -0.25) is 4.79 Å². The first-order valence-corrected chi connectivity index (χ1v) is 12.8. The van der Waals surface area contributed by atoms with E-state index in [2.05, 4.69) is 37.1 Å². The molecule has 0 aliphatic carbocycles. The van der Waals surface area contributed by atoms with Crippen molar-refractivity contribution in [3.63, 3.8) is 0 Å². The maximum atomic E-state index is 13.1. The van der Waals surface area contributed by atoms with Gasteiger partial charge in [-0.25, -0.2) is 9.97 Å². The number of hydrogen-bond acceptors (Lipinski definition) is 5. The summed E-state index contributed by atoms with van der Waals surface area (Å²) in [6, 6.07) is 12.5. The lowest BCUT2D eigenvalue weighted by atomic mass is 10.1. The van der Waals surface area contributed by atoms with Crippen LogP contribution in [0.15, 0.2) is 61.1 Å². The minimum absolute atomic E-state index is 0.0410. The first-order chi connectivity index (χ1) is 18.6. The molecule has 0 bridgehead atoms. The first kappa shape index (κ1) is 26.5. The number of aromatic nitrogens is 4. The number of alkyl halides is 3. The molecule has 0 unspecified atom stereocenters. The zero-order chi connectivity index (χ0) is 27.7. The lowest BCUT2D eigenvalue weighted by Gasteiger charge is -2.34. The van der Waals surface area contributed by atoms with Crippen LogP contribution in [0.4, 0.5) is 24.5 Å². The van der Waals surface area contributed by atoms with Crippen molar-refractivity contribution >= 4 is 17.3 Å². The second-order valence-corrected chi connectivity index (χ2v) is 9.94. The quantitative estimate of drug-likeness (QED) is 0.337. The summed E-state index contributed by atoms with van der Waals surface area (Å²) in [7, 11) is 2.11. The summed E-state index contributed by atoms with van der Waals surface area (Å²) in [5.74, 6) is 0.103. The van der Waals surface area contributed by atoms with Gasteiger partial charge in [0.25, 0.3) is 5.91 Å². The maximum Gasteiger partial charge on any atom is 0.416 e. The number of nitrogens with one attached hydrogen (secondary N) is 2. The molecule has 1 fully saturated rings. The Hall–Kier alpha value is -4.12. The largest absolute Gasteiger partial charge is 0.416 e. The van der Waals surface area contributed by atoms with E-state index in [1.807, 2.05) is 42.7 Å². The van der Waals surface area contributed by atoms with E-state index in [4.69, 9.17) is 0 Å². The van der Waals surface area contributed by atoms with Crippen molar-refractivity contribution in [2.45, 2.75) is 26.1 Å². The second-order valence-electron chi connectivity index (χ2n) is 9.94. The molecule has 0 atom stereocenters. The fourth-order valence-corrected chi connectivity index (χ4v) is 4.60. The van der Waals surface area contributed by atoms with Crippen molar-refractivity contribution < 1.29 is 18.0 Å². The Balaban J connectivity index is 1.37. The number of anilines is 2. The highest BCUT2D eigenvalue weighted by atomic mass is 19.4. The highest BCUT2D eigenvalue weighted by Gasteiger charge is 2.30. The van der Waals surface area contributed by atoms with Crippen LogP contribution < -0.4 is 10.2 Å². The number of aromatic amines is 1. The molecule has 2 aromatic carbocycles. The van der Waals surface area contributed by atoms with Crippen LogP contribution in [0.1, 0.15) is 35.9 Å². The third kappa shape index (κ3) is 5.68. The molecule has 8 nitrogen and oxygen atoms in total. The van der Waals surface area contributed by atoms with Gasteiger partial charge in [0.1, 0.15) is 11.4 Å². The molecule has 2 N–H and O–H groups in total. The smallest absolute Gasteiger partial charge is 0.369 e. The van der Waals surface area contributed by atoms with Gasteiger partial charge in [0.05, 0.1) is 17.6 Å². The SMILES string of the molecule is CC(C)n1cc(C(=O)Nc2ccc(N3CCN(C)CC3)cc2)nc1-c1[nH]cnc1-c1ccc(C(F)(F)F)cc1. The van der Waals surface area contributed by atoms with Crippen LogP contribution in [0.25, 0.3) is 22.8 Å². The van der Waals surface area contributed by atoms with Crippen LogP contribution in [0.5, 0.6) is 0 Å². The van der Waals surface area contributed by atoms with E-state index in [1.54, 1.807) is 6.20 Å². The molecule has 0 spiro atoms. The number of imidazole rings is 2. The van der Waals surface area contributed by atoms with E-state index in [0.29, 0.717) is 28.5 Å². The minimum Gasteiger partial charge on any atom is -0.369 e. The number of amides is 1. The predicted octanol–water partition coefficient (Wildman–Crippen LogP) is 5.54. The molecule has 11 heteroatoms. The molecule has 39 heavy (non-hydrogen) atoms. The summed E-state index contributed by atoms with van der Waals surface area (Å²) < 4.78 is 40.9. The summed E-state index contributed by atoms with van der Waals surface area (Å²) in [5.41, 5.74) is 2.72. The Morgan fingerprint density at radius 1 is 1.00 bits per heavy atom. The Morgan fingerprint density at radius 2 is 1.67 bits per heavy atom. The average molecular weight is 538 g/mol. The molecule has 0 saturated carbocycles. The monoisotopic (exact) mass is 537 g/mol. The second kappa shape index (κ2) is 10.6. The zero-order valence-electron chi connectivity index (χ0n) is 22.0. The Kier molecular flexibility index (Phi) is 7.17. The highest BCUT2D eigenvalue weighted by molar-refractivity contribution is 6.03. The fraction of sp³-hybridized carbons (Fsp3) is 0.321. The molecule has 4 aromatic rings. The third-order valence-corrected chi connectivity index (χ3v) is 6.86. The van der Waals surface area contributed by atoms with Gasteiger partial charge in [0.2, 0.25) is 0 Å². The summed E-state index contributed by atoms with van der Waals surface area (Å²) in [4.78, 5) is 29.7. The van der Waals surface area contributed by atoms with Gasteiger partial charge >= 0.3 is 6.18 Å². The van der Waals surface area contributed by atoms with Crippen molar-refractivity contribution in [1.29, 1.82) is 0 Å². The highest BCUT2D eigenvalue weighted by Crippen LogP contribution is 2.34. The van der Waals surface area contributed by atoms with Crippen molar-refractivity contribution in [3.05, 3.63) is 72.3 Å². The van der Waals surface area contributed by atoms with E-state index < -0.39 is 11.7 Å². The molecular formula is C28H30F3N7O. The third-order valence-electron chi connectivity index (χ3n) is 6.86. The van der Waals surface area contributed by atoms with Gasteiger partial charge in [0, 0.05) is 55.4 Å². The number of benzene rings is 2.